The minimum Gasteiger partial charge on any atom is -0.310 e. The van der Waals surface area contributed by atoms with Crippen LogP contribution in [-0.2, 0) is 16.6 Å². The summed E-state index contributed by atoms with van der Waals surface area (Å²) in [6, 6.07) is 5.47. The fraction of sp³-hybridized carbons (Fsp3) is 0.571. The quantitative estimate of drug-likeness (QED) is 0.848. The maximum Gasteiger partial charge on any atom is 0.241 e. The van der Waals surface area contributed by atoms with E-state index in [1.54, 1.807) is 18.2 Å². The lowest BCUT2D eigenvalue weighted by Crippen LogP contribution is -2.34. The molecule has 6 heteroatoms. The third-order valence-corrected chi connectivity index (χ3v) is 5.87. The first-order chi connectivity index (χ1) is 9.38. The number of halogens is 1. The molecule has 0 unspecified atom stereocenters. The summed E-state index contributed by atoms with van der Waals surface area (Å²) in [6.07, 6.45) is 4.18. The summed E-state index contributed by atoms with van der Waals surface area (Å²) in [5.74, 6) is 0. The van der Waals surface area contributed by atoms with Crippen molar-refractivity contribution in [2.24, 2.45) is 0 Å². The van der Waals surface area contributed by atoms with Gasteiger partial charge in [0.2, 0.25) is 10.0 Å². The van der Waals surface area contributed by atoms with Gasteiger partial charge in [0.25, 0.3) is 0 Å². The summed E-state index contributed by atoms with van der Waals surface area (Å²) in [6.45, 7) is 2.54. The van der Waals surface area contributed by atoms with Crippen LogP contribution < -0.4 is 10.0 Å². The Bertz CT molecular complexity index is 622. The first kappa shape index (κ1) is 14.3. The first-order valence-electron chi connectivity index (χ1n) is 6.94. The normalized spacial score (nSPS) is 20.9. The average Bonchev–Trinajstić information content (AvgIpc) is 3.26. The molecule has 0 spiro atoms. The molecule has 4 nitrogen and oxygen atoms in total. The molecule has 0 saturated heterocycles. The lowest BCUT2D eigenvalue weighted by atomic mass is 10.2. The van der Waals surface area contributed by atoms with Gasteiger partial charge in [0.05, 0.1) is 4.90 Å². The van der Waals surface area contributed by atoms with Crippen LogP contribution in [-0.4, -0.2) is 20.0 Å². The molecular formula is C14H19ClN2O2S. The molecule has 0 radical (unpaired) electrons. The topological polar surface area (TPSA) is 58.2 Å². The Morgan fingerprint density at radius 1 is 1.35 bits per heavy atom. The number of nitrogens with one attached hydrogen (secondary N) is 2. The zero-order valence-corrected chi connectivity index (χ0v) is 13.0. The third kappa shape index (κ3) is 3.34. The molecule has 0 atom stereocenters. The molecule has 2 aliphatic rings. The number of hydrogen-bond acceptors (Lipinski definition) is 3. The van der Waals surface area contributed by atoms with E-state index in [9.17, 15) is 8.42 Å². The van der Waals surface area contributed by atoms with Gasteiger partial charge in [0.1, 0.15) is 0 Å². The Kier molecular flexibility index (Phi) is 3.57. The van der Waals surface area contributed by atoms with Gasteiger partial charge in [-0.3, -0.25) is 0 Å². The van der Waals surface area contributed by atoms with Gasteiger partial charge >= 0.3 is 0 Å². The lowest BCUT2D eigenvalue weighted by molar-refractivity contribution is 0.558. The minimum absolute atomic E-state index is 0.259. The second-order valence-electron chi connectivity index (χ2n) is 6.07. The smallest absolute Gasteiger partial charge is 0.241 e. The molecule has 0 aromatic heterocycles. The van der Waals surface area contributed by atoms with Gasteiger partial charge in [-0.1, -0.05) is 11.6 Å². The van der Waals surface area contributed by atoms with Crippen LogP contribution in [0.4, 0.5) is 0 Å². The molecule has 0 bridgehead atoms. The monoisotopic (exact) mass is 314 g/mol. The Balaban J connectivity index is 1.79. The van der Waals surface area contributed by atoms with Crippen LogP contribution in [0.1, 0.15) is 38.2 Å². The van der Waals surface area contributed by atoms with Crippen LogP contribution in [0.5, 0.6) is 0 Å². The lowest BCUT2D eigenvalue weighted by Gasteiger charge is -2.14. The van der Waals surface area contributed by atoms with Crippen molar-refractivity contribution in [3.05, 3.63) is 28.8 Å². The molecule has 2 N–H and O–H groups in total. The van der Waals surface area contributed by atoms with Crippen molar-refractivity contribution in [3.8, 4) is 0 Å². The molecule has 1 aromatic rings. The fourth-order valence-electron chi connectivity index (χ4n) is 2.07. The molecule has 0 heterocycles. The van der Waals surface area contributed by atoms with E-state index in [4.69, 9.17) is 11.6 Å². The van der Waals surface area contributed by atoms with Crippen LogP contribution in [0, 0.1) is 0 Å². The highest BCUT2D eigenvalue weighted by Gasteiger charge is 2.41. The zero-order valence-electron chi connectivity index (χ0n) is 11.4. The number of benzene rings is 1. The van der Waals surface area contributed by atoms with Gasteiger partial charge in [0.15, 0.2) is 0 Å². The summed E-state index contributed by atoms with van der Waals surface area (Å²) in [5.41, 5.74) is 0.577. The van der Waals surface area contributed by atoms with Crippen LogP contribution in [0.3, 0.4) is 0 Å². The highest BCUT2D eigenvalue weighted by atomic mass is 35.5. The number of sulfonamides is 1. The molecular weight excluding hydrogens is 296 g/mol. The van der Waals surface area contributed by atoms with E-state index >= 15 is 0 Å². The molecule has 2 fully saturated rings. The molecule has 110 valence electrons. The molecule has 3 rings (SSSR count). The van der Waals surface area contributed by atoms with E-state index in [-0.39, 0.29) is 5.54 Å². The van der Waals surface area contributed by atoms with Gasteiger partial charge in [-0.05, 0) is 56.4 Å². The Morgan fingerprint density at radius 2 is 2.05 bits per heavy atom. The molecule has 1 aromatic carbocycles. The van der Waals surface area contributed by atoms with Crippen molar-refractivity contribution in [1.82, 2.24) is 10.0 Å². The summed E-state index contributed by atoms with van der Waals surface area (Å²) in [5, 5.41) is 3.96. The molecule has 0 aliphatic heterocycles. The van der Waals surface area contributed by atoms with Crippen LogP contribution in [0.25, 0.3) is 0 Å². The molecule has 2 saturated carbocycles. The second-order valence-corrected chi connectivity index (χ2v) is 8.16. The van der Waals surface area contributed by atoms with Crippen molar-refractivity contribution < 1.29 is 8.42 Å². The summed E-state index contributed by atoms with van der Waals surface area (Å²) < 4.78 is 27.4. The van der Waals surface area contributed by atoms with Crippen molar-refractivity contribution in [2.75, 3.05) is 0 Å². The largest absolute Gasteiger partial charge is 0.310 e. The van der Waals surface area contributed by atoms with Gasteiger partial charge in [-0.2, -0.15) is 0 Å². The van der Waals surface area contributed by atoms with Crippen LogP contribution in [0.15, 0.2) is 23.1 Å². The van der Waals surface area contributed by atoms with Crippen molar-refractivity contribution >= 4 is 21.6 Å². The predicted octanol–water partition coefficient (Wildman–Crippen LogP) is 2.42. The summed E-state index contributed by atoms with van der Waals surface area (Å²) in [4.78, 5) is 0.294. The van der Waals surface area contributed by atoms with Gasteiger partial charge < -0.3 is 5.32 Å². The Labute approximate surface area is 125 Å². The third-order valence-electron chi connectivity index (χ3n) is 3.87. The van der Waals surface area contributed by atoms with E-state index in [0.29, 0.717) is 22.5 Å². The van der Waals surface area contributed by atoms with E-state index in [2.05, 4.69) is 10.0 Å². The van der Waals surface area contributed by atoms with E-state index in [1.807, 2.05) is 6.92 Å². The Hall–Kier alpha value is -0.620. The number of hydrogen-bond donors (Lipinski definition) is 2. The summed E-state index contributed by atoms with van der Waals surface area (Å²) >= 11 is 6.14. The van der Waals surface area contributed by atoms with Crippen molar-refractivity contribution in [3.63, 3.8) is 0 Å². The molecule has 2 aliphatic carbocycles. The molecule has 20 heavy (non-hydrogen) atoms. The summed E-state index contributed by atoms with van der Waals surface area (Å²) in [7, 11) is -3.45. The van der Waals surface area contributed by atoms with Gasteiger partial charge in [0, 0.05) is 23.1 Å². The minimum atomic E-state index is -3.45. The fourth-order valence-corrected chi connectivity index (χ4v) is 3.77. The Morgan fingerprint density at radius 3 is 2.65 bits per heavy atom. The average molecular weight is 315 g/mol. The maximum absolute atomic E-state index is 12.3. The SMILES string of the molecule is CC1(NS(=O)(=O)c2ccc(Cl)c(CNC3CC3)c2)CC1. The van der Waals surface area contributed by atoms with Gasteiger partial charge in [-0.25, -0.2) is 13.1 Å². The highest BCUT2D eigenvalue weighted by Crippen LogP contribution is 2.36. The first-order valence-corrected chi connectivity index (χ1v) is 8.80. The molecule has 0 amide bonds. The van der Waals surface area contributed by atoms with E-state index < -0.39 is 10.0 Å². The standard InChI is InChI=1S/C14H19ClN2O2S/c1-14(6-7-14)17-20(18,19)12-4-5-13(15)10(8-12)9-16-11-2-3-11/h4-5,8,11,16-17H,2-3,6-7,9H2,1H3. The van der Waals surface area contributed by atoms with Crippen molar-refractivity contribution in [2.45, 2.75) is 55.6 Å². The van der Waals surface area contributed by atoms with Crippen molar-refractivity contribution in [1.29, 1.82) is 0 Å². The maximum atomic E-state index is 12.3. The van der Waals surface area contributed by atoms with Crippen LogP contribution in [0.2, 0.25) is 5.02 Å². The second kappa shape index (κ2) is 4.98. The van der Waals surface area contributed by atoms with Crippen LogP contribution >= 0.6 is 11.6 Å². The predicted molar refractivity (Wildman–Crippen MR) is 79.3 cm³/mol. The van der Waals surface area contributed by atoms with E-state index in [1.165, 1.54) is 12.8 Å². The number of rotatable bonds is 6. The zero-order chi connectivity index (χ0) is 14.4. The van der Waals surface area contributed by atoms with Gasteiger partial charge in [-0.15, -0.1) is 0 Å². The highest BCUT2D eigenvalue weighted by molar-refractivity contribution is 7.89. The van der Waals surface area contributed by atoms with E-state index in [0.717, 1.165) is 18.4 Å².